The third-order valence-corrected chi connectivity index (χ3v) is 3.02. The van der Waals surface area contributed by atoms with E-state index in [2.05, 4.69) is 17.1 Å². The monoisotopic (exact) mass is 273 g/mol. The maximum Gasteiger partial charge on any atom is 0.321 e. The molecule has 5 nitrogen and oxygen atoms in total. The Hall–Kier alpha value is -2.17. The highest BCUT2D eigenvalue weighted by Gasteiger charge is 2.28. The Kier molecular flexibility index (Phi) is 4.87. The van der Waals surface area contributed by atoms with E-state index in [0.717, 1.165) is 18.5 Å². The van der Waals surface area contributed by atoms with Crippen LogP contribution in [-0.2, 0) is 16.1 Å². The molecule has 0 aliphatic rings. The van der Waals surface area contributed by atoms with E-state index < -0.39 is 5.92 Å². The lowest BCUT2D eigenvalue weighted by Crippen LogP contribution is -2.21. The summed E-state index contributed by atoms with van der Waals surface area (Å²) in [4.78, 5) is 12.3. The molecule has 0 aliphatic carbocycles. The molecule has 0 N–H and O–H groups in total. The normalized spacial score (nSPS) is 12.1. The predicted molar refractivity (Wildman–Crippen MR) is 75.2 cm³/mol. The van der Waals surface area contributed by atoms with Crippen LogP contribution in [0.15, 0.2) is 36.7 Å². The van der Waals surface area contributed by atoms with Gasteiger partial charge in [-0.25, -0.2) is 0 Å². The number of carbonyl (C=O) groups excluding carboxylic acids is 1. The van der Waals surface area contributed by atoms with E-state index in [1.807, 2.05) is 34.9 Å². The lowest BCUT2D eigenvalue weighted by Gasteiger charge is -2.16. The minimum Gasteiger partial charge on any atom is -0.465 e. The van der Waals surface area contributed by atoms with Gasteiger partial charge in [-0.2, -0.15) is 0 Å². The molecule has 106 valence electrons. The van der Waals surface area contributed by atoms with Gasteiger partial charge in [-0.3, -0.25) is 4.79 Å². The molecule has 0 saturated carbocycles. The van der Waals surface area contributed by atoms with Crippen molar-refractivity contribution >= 4 is 5.97 Å². The molecule has 1 unspecified atom stereocenters. The summed E-state index contributed by atoms with van der Waals surface area (Å²) in [5.74, 6) is -0.175. The Morgan fingerprint density at radius 3 is 2.70 bits per heavy atom. The molecule has 0 bridgehead atoms. The lowest BCUT2D eigenvalue weighted by molar-refractivity contribution is -0.144. The van der Waals surface area contributed by atoms with Crippen molar-refractivity contribution < 1.29 is 9.53 Å². The van der Waals surface area contributed by atoms with Crippen LogP contribution < -0.4 is 0 Å². The van der Waals surface area contributed by atoms with E-state index in [4.69, 9.17) is 4.74 Å². The Balaban J connectivity index is 2.41. The lowest BCUT2D eigenvalue weighted by atomic mass is 9.98. The molecule has 0 spiro atoms. The third kappa shape index (κ3) is 3.04. The zero-order valence-corrected chi connectivity index (χ0v) is 11.8. The SMILES string of the molecule is CCCn1cnnc1C(C(=O)OCC)c1ccccc1. The Labute approximate surface area is 118 Å². The van der Waals surface area contributed by atoms with Gasteiger partial charge in [-0.15, -0.1) is 10.2 Å². The maximum absolute atomic E-state index is 12.3. The van der Waals surface area contributed by atoms with E-state index in [0.29, 0.717) is 12.4 Å². The number of carbonyl (C=O) groups is 1. The first-order valence-corrected chi connectivity index (χ1v) is 6.87. The van der Waals surface area contributed by atoms with Gasteiger partial charge < -0.3 is 9.30 Å². The molecule has 1 aromatic heterocycles. The van der Waals surface area contributed by atoms with Crippen LogP contribution in [0.1, 0.15) is 37.6 Å². The second-order valence-corrected chi connectivity index (χ2v) is 4.48. The van der Waals surface area contributed by atoms with Crippen LogP contribution in [-0.4, -0.2) is 27.3 Å². The van der Waals surface area contributed by atoms with Crippen LogP contribution in [0.25, 0.3) is 0 Å². The van der Waals surface area contributed by atoms with Gasteiger partial charge in [0.05, 0.1) is 6.61 Å². The van der Waals surface area contributed by atoms with Crippen molar-refractivity contribution in [2.45, 2.75) is 32.7 Å². The number of aromatic nitrogens is 3. The smallest absolute Gasteiger partial charge is 0.321 e. The van der Waals surface area contributed by atoms with Gasteiger partial charge in [0, 0.05) is 6.54 Å². The van der Waals surface area contributed by atoms with Crippen LogP contribution in [0.3, 0.4) is 0 Å². The van der Waals surface area contributed by atoms with Crippen molar-refractivity contribution in [2.75, 3.05) is 6.61 Å². The molecule has 1 heterocycles. The molecule has 1 aromatic carbocycles. The van der Waals surface area contributed by atoms with Gasteiger partial charge in [0.15, 0.2) is 5.82 Å². The number of hydrogen-bond donors (Lipinski definition) is 0. The first kappa shape index (κ1) is 14.2. The van der Waals surface area contributed by atoms with Crippen LogP contribution >= 0.6 is 0 Å². The number of hydrogen-bond acceptors (Lipinski definition) is 4. The average Bonchev–Trinajstić information content (AvgIpc) is 2.89. The van der Waals surface area contributed by atoms with Gasteiger partial charge in [0.1, 0.15) is 12.2 Å². The summed E-state index contributed by atoms with van der Waals surface area (Å²) in [5, 5.41) is 8.06. The van der Waals surface area contributed by atoms with Gasteiger partial charge in [0.2, 0.25) is 0 Å². The predicted octanol–water partition coefficient (Wildman–Crippen LogP) is 2.38. The summed E-state index contributed by atoms with van der Waals surface area (Å²) in [6.07, 6.45) is 2.61. The fourth-order valence-electron chi connectivity index (χ4n) is 2.16. The van der Waals surface area contributed by atoms with Gasteiger partial charge >= 0.3 is 5.97 Å². The van der Waals surface area contributed by atoms with E-state index >= 15 is 0 Å². The molecule has 1 atom stereocenters. The van der Waals surface area contributed by atoms with Crippen molar-refractivity contribution in [3.8, 4) is 0 Å². The minimum atomic E-state index is -0.523. The summed E-state index contributed by atoms with van der Waals surface area (Å²) in [6, 6.07) is 9.55. The summed E-state index contributed by atoms with van der Waals surface area (Å²) in [7, 11) is 0. The Morgan fingerprint density at radius 1 is 1.30 bits per heavy atom. The quantitative estimate of drug-likeness (QED) is 0.758. The van der Waals surface area contributed by atoms with Crippen LogP contribution in [0, 0.1) is 0 Å². The molecule has 0 radical (unpaired) electrons. The van der Waals surface area contributed by atoms with Crippen molar-refractivity contribution in [3.63, 3.8) is 0 Å². The molecule has 0 fully saturated rings. The zero-order valence-electron chi connectivity index (χ0n) is 11.8. The fraction of sp³-hybridized carbons (Fsp3) is 0.400. The van der Waals surface area contributed by atoms with Crippen molar-refractivity contribution in [2.24, 2.45) is 0 Å². The van der Waals surface area contributed by atoms with Gasteiger partial charge in [-0.1, -0.05) is 37.3 Å². The summed E-state index contributed by atoms with van der Waals surface area (Å²) in [5.41, 5.74) is 0.872. The van der Waals surface area contributed by atoms with Gasteiger partial charge in [-0.05, 0) is 18.9 Å². The van der Waals surface area contributed by atoms with E-state index in [1.165, 1.54) is 0 Å². The first-order valence-electron chi connectivity index (χ1n) is 6.87. The average molecular weight is 273 g/mol. The molecule has 0 aliphatic heterocycles. The molecule has 0 saturated heterocycles. The highest BCUT2D eigenvalue weighted by Crippen LogP contribution is 2.24. The topological polar surface area (TPSA) is 57.0 Å². The molecule has 2 rings (SSSR count). The highest BCUT2D eigenvalue weighted by molar-refractivity contribution is 5.81. The number of rotatable bonds is 6. The van der Waals surface area contributed by atoms with Crippen LogP contribution in [0.4, 0.5) is 0 Å². The number of aryl methyl sites for hydroxylation is 1. The summed E-state index contributed by atoms with van der Waals surface area (Å²) < 4.78 is 7.11. The second-order valence-electron chi connectivity index (χ2n) is 4.48. The van der Waals surface area contributed by atoms with Crippen LogP contribution in [0.5, 0.6) is 0 Å². The molecule has 0 amide bonds. The van der Waals surface area contributed by atoms with Crippen LogP contribution in [0.2, 0.25) is 0 Å². The minimum absolute atomic E-state index is 0.288. The summed E-state index contributed by atoms with van der Waals surface area (Å²) in [6.45, 7) is 5.01. The maximum atomic E-state index is 12.3. The third-order valence-electron chi connectivity index (χ3n) is 3.02. The summed E-state index contributed by atoms with van der Waals surface area (Å²) >= 11 is 0. The van der Waals surface area contributed by atoms with E-state index in [9.17, 15) is 4.79 Å². The number of esters is 1. The second kappa shape index (κ2) is 6.84. The molecule has 2 aromatic rings. The molecular weight excluding hydrogens is 254 g/mol. The number of benzene rings is 1. The molecule has 20 heavy (non-hydrogen) atoms. The molecular formula is C15H19N3O2. The Morgan fingerprint density at radius 2 is 2.05 bits per heavy atom. The van der Waals surface area contributed by atoms with E-state index in [1.54, 1.807) is 13.3 Å². The standard InChI is InChI=1S/C15H19N3O2/c1-3-10-18-11-16-17-14(18)13(15(19)20-4-2)12-8-6-5-7-9-12/h5-9,11,13H,3-4,10H2,1-2H3. The van der Waals surface area contributed by atoms with Crippen molar-refractivity contribution in [1.82, 2.24) is 14.8 Å². The highest BCUT2D eigenvalue weighted by atomic mass is 16.5. The largest absolute Gasteiger partial charge is 0.465 e. The first-order chi connectivity index (χ1) is 9.77. The van der Waals surface area contributed by atoms with Crippen molar-refractivity contribution in [3.05, 3.63) is 48.0 Å². The Bertz CT molecular complexity index is 551. The van der Waals surface area contributed by atoms with E-state index in [-0.39, 0.29) is 5.97 Å². The number of ether oxygens (including phenoxy) is 1. The number of nitrogens with zero attached hydrogens (tertiary/aromatic N) is 3. The van der Waals surface area contributed by atoms with Crippen molar-refractivity contribution in [1.29, 1.82) is 0 Å². The molecule has 5 heteroatoms. The zero-order chi connectivity index (χ0) is 14.4. The van der Waals surface area contributed by atoms with Gasteiger partial charge in [0.25, 0.3) is 0 Å². The fourth-order valence-corrected chi connectivity index (χ4v) is 2.16.